The monoisotopic (exact) mass is 519 g/mol. The van der Waals surface area contributed by atoms with Crippen molar-refractivity contribution in [2.75, 3.05) is 11.4 Å². The highest BCUT2D eigenvalue weighted by molar-refractivity contribution is 7.92. The average molecular weight is 519 g/mol. The first-order valence-corrected chi connectivity index (χ1v) is 11.7. The summed E-state index contributed by atoms with van der Waals surface area (Å²) >= 11 is 0. The van der Waals surface area contributed by atoms with Crippen LogP contribution < -0.4 is 9.64 Å². The molecule has 0 aliphatic carbocycles. The Bertz CT molecular complexity index is 1430. The molecule has 36 heavy (non-hydrogen) atoms. The number of carbonyl (C=O) groups excluding carboxylic acids is 3. The standard InChI is InChI=1S/C23H16F3N3O6S/c24-23(25,26)36(33,34)18-8-6-17(7-9-18)29-20(30)14-28(22(29)32)13-16-10-11-27-12-19(16)35-21(31)15-4-2-1-3-5-15/h1-12H,13-14H2. The molecule has 9 nitrogen and oxygen atoms in total. The molecule has 0 saturated carbocycles. The summed E-state index contributed by atoms with van der Waals surface area (Å²) in [4.78, 5) is 42.6. The molecule has 1 aliphatic rings. The van der Waals surface area contributed by atoms with E-state index < -0.39 is 38.1 Å². The second-order valence-corrected chi connectivity index (χ2v) is 9.49. The molecule has 0 N–H and O–H groups in total. The molecule has 2 heterocycles. The molecule has 0 spiro atoms. The highest BCUT2D eigenvalue weighted by atomic mass is 32.2. The number of halogens is 3. The van der Waals surface area contributed by atoms with Gasteiger partial charge in [0.25, 0.3) is 15.7 Å². The fourth-order valence-corrected chi connectivity index (χ4v) is 4.17. The Morgan fingerprint density at radius 2 is 1.67 bits per heavy atom. The number of benzene rings is 2. The van der Waals surface area contributed by atoms with Gasteiger partial charge in [-0.3, -0.25) is 9.78 Å². The predicted molar refractivity (Wildman–Crippen MR) is 119 cm³/mol. The Kier molecular flexibility index (Phi) is 6.50. The molecule has 4 rings (SSSR count). The van der Waals surface area contributed by atoms with Gasteiger partial charge < -0.3 is 9.64 Å². The lowest BCUT2D eigenvalue weighted by Crippen LogP contribution is -2.33. The minimum absolute atomic E-state index is 0.0757. The van der Waals surface area contributed by atoms with Crippen LogP contribution in [0.3, 0.4) is 0 Å². The highest BCUT2D eigenvalue weighted by Gasteiger charge is 2.47. The number of alkyl halides is 3. The summed E-state index contributed by atoms with van der Waals surface area (Å²) in [7, 11) is -5.58. The first-order chi connectivity index (χ1) is 17.0. The van der Waals surface area contributed by atoms with Gasteiger partial charge in [0, 0.05) is 11.8 Å². The molecule has 0 radical (unpaired) electrons. The second-order valence-electron chi connectivity index (χ2n) is 7.55. The molecule has 2 aromatic carbocycles. The lowest BCUT2D eigenvalue weighted by molar-refractivity contribution is -0.116. The Balaban J connectivity index is 1.52. The van der Waals surface area contributed by atoms with Crippen LogP contribution in [0.15, 0.2) is 78.0 Å². The lowest BCUT2D eigenvalue weighted by atomic mass is 10.2. The Morgan fingerprint density at radius 3 is 2.31 bits per heavy atom. The van der Waals surface area contributed by atoms with Gasteiger partial charge in [-0.15, -0.1) is 0 Å². The summed E-state index contributed by atoms with van der Waals surface area (Å²) in [6, 6.07) is 12.1. The molecule has 1 aromatic heterocycles. The maximum atomic E-state index is 12.9. The molecule has 3 amide bonds. The van der Waals surface area contributed by atoms with E-state index >= 15 is 0 Å². The van der Waals surface area contributed by atoms with E-state index in [0.29, 0.717) is 23.3 Å². The molecular weight excluding hydrogens is 503 g/mol. The van der Waals surface area contributed by atoms with Crippen molar-refractivity contribution < 1.29 is 40.7 Å². The number of hydrogen-bond acceptors (Lipinski definition) is 7. The van der Waals surface area contributed by atoms with Crippen molar-refractivity contribution in [1.29, 1.82) is 0 Å². The number of anilines is 1. The highest BCUT2D eigenvalue weighted by Crippen LogP contribution is 2.32. The molecule has 1 fully saturated rings. The van der Waals surface area contributed by atoms with Crippen LogP contribution in [-0.2, 0) is 21.2 Å². The minimum atomic E-state index is -5.58. The Hall–Kier alpha value is -4.26. The topological polar surface area (TPSA) is 114 Å². The van der Waals surface area contributed by atoms with E-state index in [0.717, 1.165) is 21.9 Å². The fraction of sp³-hybridized carbons (Fsp3) is 0.130. The number of ether oxygens (including phenoxy) is 1. The molecule has 13 heteroatoms. The van der Waals surface area contributed by atoms with Gasteiger partial charge in [-0.25, -0.2) is 22.9 Å². The Labute approximate surface area is 202 Å². The van der Waals surface area contributed by atoms with Crippen molar-refractivity contribution in [2.24, 2.45) is 0 Å². The van der Waals surface area contributed by atoms with Gasteiger partial charge in [0.15, 0.2) is 5.75 Å². The van der Waals surface area contributed by atoms with E-state index in [1.54, 1.807) is 30.3 Å². The number of nitrogens with zero attached hydrogens (tertiary/aromatic N) is 3. The zero-order valence-corrected chi connectivity index (χ0v) is 19.0. The number of imide groups is 1. The van der Waals surface area contributed by atoms with E-state index in [-0.39, 0.29) is 24.5 Å². The van der Waals surface area contributed by atoms with Gasteiger partial charge >= 0.3 is 17.5 Å². The number of amides is 3. The molecule has 0 atom stereocenters. The van der Waals surface area contributed by atoms with Crippen molar-refractivity contribution >= 4 is 33.4 Å². The van der Waals surface area contributed by atoms with Crippen molar-refractivity contribution in [2.45, 2.75) is 16.9 Å². The molecule has 0 bridgehead atoms. The molecule has 3 aromatic rings. The number of rotatable bonds is 6. The van der Waals surface area contributed by atoms with Crippen LogP contribution in [0.5, 0.6) is 5.75 Å². The SMILES string of the molecule is O=C(Oc1cnccc1CN1CC(=O)N(c2ccc(S(=O)(=O)C(F)(F)F)cc2)C1=O)c1ccccc1. The van der Waals surface area contributed by atoms with Crippen LogP contribution in [-0.4, -0.2) is 48.3 Å². The predicted octanol–water partition coefficient (Wildman–Crippen LogP) is 3.56. The summed E-state index contributed by atoms with van der Waals surface area (Å²) < 4.78 is 66.8. The van der Waals surface area contributed by atoms with Gasteiger partial charge in [0.2, 0.25) is 0 Å². The van der Waals surface area contributed by atoms with E-state index in [9.17, 15) is 36.0 Å². The second kappa shape index (κ2) is 9.41. The number of aromatic nitrogens is 1. The number of urea groups is 1. The van der Waals surface area contributed by atoms with Gasteiger partial charge in [-0.05, 0) is 42.5 Å². The third-order valence-corrected chi connectivity index (χ3v) is 6.69. The summed E-state index contributed by atoms with van der Waals surface area (Å²) in [5, 5.41) is 0. The zero-order chi connectivity index (χ0) is 26.1. The van der Waals surface area contributed by atoms with Crippen molar-refractivity contribution in [1.82, 2.24) is 9.88 Å². The molecule has 1 saturated heterocycles. The normalized spacial score (nSPS) is 14.3. The van der Waals surface area contributed by atoms with E-state index in [4.69, 9.17) is 4.74 Å². The van der Waals surface area contributed by atoms with Crippen LogP contribution in [0.1, 0.15) is 15.9 Å². The molecule has 1 aliphatic heterocycles. The zero-order valence-electron chi connectivity index (χ0n) is 18.2. The van der Waals surface area contributed by atoms with Crippen LogP contribution in [0, 0.1) is 0 Å². The first kappa shape index (κ1) is 24.9. The average Bonchev–Trinajstić information content (AvgIpc) is 3.12. The third kappa shape index (κ3) is 4.77. The summed E-state index contributed by atoms with van der Waals surface area (Å²) in [6.07, 6.45) is 2.70. The molecule has 186 valence electrons. The van der Waals surface area contributed by atoms with Crippen LogP contribution in [0.25, 0.3) is 0 Å². The quantitative estimate of drug-likeness (QED) is 0.361. The summed E-state index contributed by atoms with van der Waals surface area (Å²) in [5.41, 5.74) is -4.92. The number of pyridine rings is 1. The van der Waals surface area contributed by atoms with Gasteiger partial charge in [0.1, 0.15) is 6.54 Å². The van der Waals surface area contributed by atoms with E-state index in [2.05, 4.69) is 4.98 Å². The maximum absolute atomic E-state index is 12.9. The van der Waals surface area contributed by atoms with Gasteiger partial charge in [-0.1, -0.05) is 18.2 Å². The largest absolute Gasteiger partial charge is 0.501 e. The first-order valence-electron chi connectivity index (χ1n) is 10.2. The third-order valence-electron chi connectivity index (χ3n) is 5.19. The number of sulfone groups is 1. The van der Waals surface area contributed by atoms with Crippen LogP contribution >= 0.6 is 0 Å². The molecule has 0 unspecified atom stereocenters. The van der Waals surface area contributed by atoms with E-state index in [1.807, 2.05) is 0 Å². The summed E-state index contributed by atoms with van der Waals surface area (Å²) in [5.74, 6) is -1.25. The van der Waals surface area contributed by atoms with Gasteiger partial charge in [-0.2, -0.15) is 13.2 Å². The Morgan fingerprint density at radius 1 is 1.00 bits per heavy atom. The minimum Gasteiger partial charge on any atom is -0.421 e. The van der Waals surface area contributed by atoms with E-state index in [1.165, 1.54) is 18.5 Å². The number of esters is 1. The van der Waals surface area contributed by atoms with Crippen molar-refractivity contribution in [3.8, 4) is 5.75 Å². The fourth-order valence-electron chi connectivity index (χ4n) is 3.41. The van der Waals surface area contributed by atoms with Crippen LogP contribution in [0.4, 0.5) is 23.7 Å². The number of hydrogen-bond donors (Lipinski definition) is 0. The van der Waals surface area contributed by atoms with Gasteiger partial charge in [0.05, 0.1) is 28.9 Å². The van der Waals surface area contributed by atoms with Crippen LogP contribution in [0.2, 0.25) is 0 Å². The summed E-state index contributed by atoms with van der Waals surface area (Å²) in [6.45, 7) is -0.503. The lowest BCUT2D eigenvalue weighted by Gasteiger charge is -2.18. The number of carbonyl (C=O) groups is 3. The smallest absolute Gasteiger partial charge is 0.421 e. The van der Waals surface area contributed by atoms with Crippen molar-refractivity contribution in [3.63, 3.8) is 0 Å². The van der Waals surface area contributed by atoms with Crippen molar-refractivity contribution in [3.05, 3.63) is 84.2 Å². The molecular formula is C23H16F3N3O6S. The maximum Gasteiger partial charge on any atom is 0.501 e.